The first-order valence-electron chi connectivity index (χ1n) is 9.87. The number of hydrogen-bond acceptors (Lipinski definition) is 8. The van der Waals surface area contributed by atoms with Gasteiger partial charge in [0.25, 0.3) is 0 Å². The molecule has 2 aliphatic heterocycles. The summed E-state index contributed by atoms with van der Waals surface area (Å²) < 4.78 is 61.6. The second kappa shape index (κ2) is 9.65. The van der Waals surface area contributed by atoms with E-state index in [2.05, 4.69) is 4.98 Å². The van der Waals surface area contributed by atoms with Crippen molar-refractivity contribution in [3.05, 3.63) is 23.9 Å². The molecule has 0 saturated carbocycles. The Bertz CT molecular complexity index is 1050. The van der Waals surface area contributed by atoms with E-state index in [1.807, 2.05) is 4.90 Å². The van der Waals surface area contributed by atoms with Gasteiger partial charge >= 0.3 is 18.1 Å². The van der Waals surface area contributed by atoms with Gasteiger partial charge in [0.15, 0.2) is 11.5 Å². The summed E-state index contributed by atoms with van der Waals surface area (Å²) in [5, 5.41) is 7.85. The van der Waals surface area contributed by atoms with Gasteiger partial charge in [-0.25, -0.2) is 14.0 Å². The van der Waals surface area contributed by atoms with E-state index in [-0.39, 0.29) is 13.4 Å². The van der Waals surface area contributed by atoms with Crippen molar-refractivity contribution >= 4 is 28.5 Å². The quantitative estimate of drug-likeness (QED) is 0.509. The maximum Gasteiger partial charge on any atom is 0.490 e. The number of fused-ring (bicyclic) bond motifs is 2. The van der Waals surface area contributed by atoms with Crippen molar-refractivity contribution in [2.24, 2.45) is 5.73 Å². The number of aromatic nitrogens is 1. The van der Waals surface area contributed by atoms with Crippen LogP contribution in [0.3, 0.4) is 0 Å². The first-order valence-corrected chi connectivity index (χ1v) is 9.87. The zero-order valence-electron chi connectivity index (χ0n) is 17.4. The van der Waals surface area contributed by atoms with Crippen LogP contribution in [0.2, 0.25) is 0 Å². The molecule has 0 unspecified atom stereocenters. The Morgan fingerprint density at radius 3 is 2.52 bits per heavy atom. The van der Waals surface area contributed by atoms with Gasteiger partial charge in [-0.05, 0) is 19.4 Å². The van der Waals surface area contributed by atoms with Crippen LogP contribution < -0.4 is 20.1 Å². The van der Waals surface area contributed by atoms with Gasteiger partial charge in [-0.1, -0.05) is 0 Å². The van der Waals surface area contributed by atoms with Crippen molar-refractivity contribution in [3.8, 4) is 11.5 Å². The smallest absolute Gasteiger partial charge is 0.475 e. The molecule has 180 valence electrons. The summed E-state index contributed by atoms with van der Waals surface area (Å²) in [4.78, 5) is 27.7. The second-order valence-electron chi connectivity index (χ2n) is 7.18. The third-order valence-corrected chi connectivity index (χ3v) is 4.96. The molecule has 9 nitrogen and oxygen atoms in total. The van der Waals surface area contributed by atoms with E-state index in [1.165, 1.54) is 6.20 Å². The molecule has 0 radical (unpaired) electrons. The number of rotatable bonds is 3. The van der Waals surface area contributed by atoms with Crippen molar-refractivity contribution in [1.29, 1.82) is 0 Å². The number of halogens is 4. The predicted octanol–water partition coefficient (Wildman–Crippen LogP) is 2.65. The highest BCUT2D eigenvalue weighted by atomic mass is 19.4. The highest BCUT2D eigenvalue weighted by molar-refractivity contribution is 6.06. The fraction of sp³-hybridized carbons (Fsp3) is 0.450. The minimum absolute atomic E-state index is 0.143. The number of piperidine rings is 1. The molecule has 4 rings (SSSR count). The molecule has 2 aliphatic rings. The van der Waals surface area contributed by atoms with E-state index in [1.54, 1.807) is 19.1 Å². The summed E-state index contributed by atoms with van der Waals surface area (Å²) in [6.45, 7) is 2.90. The van der Waals surface area contributed by atoms with Crippen LogP contribution in [0, 0.1) is 0 Å². The van der Waals surface area contributed by atoms with E-state index in [9.17, 15) is 22.4 Å². The summed E-state index contributed by atoms with van der Waals surface area (Å²) in [5.41, 5.74) is 7.58. The third-order valence-electron chi connectivity index (χ3n) is 4.96. The molecule has 1 fully saturated rings. The van der Waals surface area contributed by atoms with Crippen LogP contribution in [-0.2, 0) is 9.53 Å². The summed E-state index contributed by atoms with van der Waals surface area (Å²) in [6, 6.07) is 2.96. The van der Waals surface area contributed by atoms with Crippen molar-refractivity contribution in [2.75, 3.05) is 31.4 Å². The summed E-state index contributed by atoms with van der Waals surface area (Å²) in [7, 11) is 0. The number of anilines is 1. The Labute approximate surface area is 185 Å². The highest BCUT2D eigenvalue weighted by Crippen LogP contribution is 2.40. The fourth-order valence-electron chi connectivity index (χ4n) is 3.42. The van der Waals surface area contributed by atoms with Crippen LogP contribution in [0.25, 0.3) is 10.9 Å². The first-order chi connectivity index (χ1) is 15.5. The molecule has 0 bridgehead atoms. The Balaban J connectivity index is 0.000000383. The molecular formula is C20H21F4N3O6. The topological polar surface area (TPSA) is 124 Å². The maximum absolute atomic E-state index is 13.8. The molecule has 1 saturated heterocycles. The molecule has 0 aliphatic carbocycles. The SMILES string of the molecule is CCOC(=O)c1cnc2cc3c(cc2c1N1CC[C@@H](F)[C@H](N)C1)OCO3.O=C(O)C(F)(F)F. The van der Waals surface area contributed by atoms with Gasteiger partial charge in [0, 0.05) is 30.7 Å². The number of carboxylic acids is 1. The summed E-state index contributed by atoms with van der Waals surface area (Å²) in [5.74, 6) is -2.02. The van der Waals surface area contributed by atoms with Crippen LogP contribution in [0.1, 0.15) is 23.7 Å². The summed E-state index contributed by atoms with van der Waals surface area (Å²) >= 11 is 0. The number of nitrogens with zero attached hydrogens (tertiary/aromatic N) is 2. The van der Waals surface area contributed by atoms with Crippen LogP contribution in [-0.4, -0.2) is 66.9 Å². The minimum Gasteiger partial charge on any atom is -0.475 e. The largest absolute Gasteiger partial charge is 0.490 e. The number of carbonyl (C=O) groups is 2. The lowest BCUT2D eigenvalue weighted by atomic mass is 10.0. The zero-order valence-corrected chi connectivity index (χ0v) is 17.4. The molecule has 3 heterocycles. The number of pyridine rings is 1. The third kappa shape index (κ3) is 5.35. The van der Waals surface area contributed by atoms with Crippen molar-refractivity contribution in [3.63, 3.8) is 0 Å². The Hall–Kier alpha value is -3.35. The van der Waals surface area contributed by atoms with Gasteiger partial charge in [0.2, 0.25) is 6.79 Å². The monoisotopic (exact) mass is 475 g/mol. The molecule has 3 N–H and O–H groups in total. The standard InChI is InChI=1S/C18H20FN3O4.C2HF3O2/c1-2-24-18(23)11-7-21-14-6-16-15(25-9-26-16)5-10(14)17(11)22-4-3-12(19)13(20)8-22;3-2(4,5)1(6)7/h5-7,12-13H,2-4,8-9,20H2,1H3;(H,6,7)/t12-,13-;/m1./s1. The molecule has 0 spiro atoms. The van der Waals surface area contributed by atoms with Crippen LogP contribution in [0.15, 0.2) is 18.3 Å². The maximum atomic E-state index is 13.8. The molecule has 0 amide bonds. The van der Waals surface area contributed by atoms with Gasteiger partial charge in [0.1, 0.15) is 11.7 Å². The highest BCUT2D eigenvalue weighted by Gasteiger charge is 2.38. The van der Waals surface area contributed by atoms with Crippen molar-refractivity contribution in [1.82, 2.24) is 4.98 Å². The van der Waals surface area contributed by atoms with E-state index >= 15 is 0 Å². The number of ether oxygens (including phenoxy) is 3. The average Bonchev–Trinajstić information content (AvgIpc) is 3.20. The lowest BCUT2D eigenvalue weighted by Gasteiger charge is -2.36. The molecule has 1 aromatic carbocycles. The fourth-order valence-corrected chi connectivity index (χ4v) is 3.42. The van der Waals surface area contributed by atoms with Crippen LogP contribution in [0.5, 0.6) is 11.5 Å². The first kappa shape index (κ1) is 24.3. The minimum atomic E-state index is -5.08. The van der Waals surface area contributed by atoms with Crippen LogP contribution in [0.4, 0.5) is 23.2 Å². The molecule has 2 aromatic rings. The molecular weight excluding hydrogens is 454 g/mol. The molecule has 1 aromatic heterocycles. The van der Waals surface area contributed by atoms with E-state index < -0.39 is 30.3 Å². The molecule has 13 heteroatoms. The number of esters is 1. The van der Waals surface area contributed by atoms with Gasteiger partial charge in [-0.2, -0.15) is 13.2 Å². The number of alkyl halides is 4. The number of benzene rings is 1. The summed E-state index contributed by atoms with van der Waals surface area (Å²) in [6.07, 6.45) is -4.34. The van der Waals surface area contributed by atoms with Gasteiger partial charge < -0.3 is 30.0 Å². The average molecular weight is 475 g/mol. The van der Waals surface area contributed by atoms with E-state index in [4.69, 9.17) is 29.8 Å². The van der Waals surface area contributed by atoms with Crippen molar-refractivity contribution < 1.29 is 46.5 Å². The van der Waals surface area contributed by atoms with Gasteiger partial charge in [0.05, 0.1) is 23.9 Å². The lowest BCUT2D eigenvalue weighted by molar-refractivity contribution is -0.192. The Kier molecular flexibility index (Phi) is 7.10. The molecule has 2 atom stereocenters. The van der Waals surface area contributed by atoms with E-state index in [0.717, 1.165) is 5.39 Å². The Morgan fingerprint density at radius 1 is 1.30 bits per heavy atom. The van der Waals surface area contributed by atoms with Crippen LogP contribution >= 0.6 is 0 Å². The van der Waals surface area contributed by atoms with Gasteiger partial charge in [-0.3, -0.25) is 4.98 Å². The number of nitrogens with two attached hydrogens (primary N) is 1. The Morgan fingerprint density at radius 2 is 1.94 bits per heavy atom. The number of carboxylic acid groups (broad SMARTS) is 1. The van der Waals surface area contributed by atoms with Gasteiger partial charge in [-0.15, -0.1) is 0 Å². The normalized spacial score (nSPS) is 19.6. The predicted molar refractivity (Wildman–Crippen MR) is 107 cm³/mol. The zero-order chi connectivity index (χ0) is 24.3. The number of aliphatic carboxylic acids is 1. The number of carbonyl (C=O) groups excluding carboxylic acids is 1. The molecule has 33 heavy (non-hydrogen) atoms. The van der Waals surface area contributed by atoms with Crippen molar-refractivity contribution in [2.45, 2.75) is 31.7 Å². The van der Waals surface area contributed by atoms with E-state index in [0.29, 0.717) is 47.8 Å². The second-order valence-corrected chi connectivity index (χ2v) is 7.18. The lowest BCUT2D eigenvalue weighted by Crippen LogP contribution is -2.50. The number of hydrogen-bond donors (Lipinski definition) is 2.